The van der Waals surface area contributed by atoms with Gasteiger partial charge < -0.3 is 15.5 Å². The maximum Gasteiger partial charge on any atom is 0.273 e. The molecule has 2 aliphatic rings. The summed E-state index contributed by atoms with van der Waals surface area (Å²) >= 11 is 0. The number of hydrogen-bond donors (Lipinski definition) is 2. The van der Waals surface area contributed by atoms with E-state index in [2.05, 4.69) is 15.8 Å². The summed E-state index contributed by atoms with van der Waals surface area (Å²) in [7, 11) is 0. The molecule has 1 fully saturated rings. The van der Waals surface area contributed by atoms with Crippen LogP contribution in [0.1, 0.15) is 36.5 Å². The fraction of sp³-hybridized carbons (Fsp3) is 0.438. The van der Waals surface area contributed by atoms with Gasteiger partial charge in [0.1, 0.15) is 5.71 Å². The zero-order valence-electron chi connectivity index (χ0n) is 12.5. The third-order valence-electron chi connectivity index (χ3n) is 4.08. The van der Waals surface area contributed by atoms with Crippen LogP contribution in [0.5, 0.6) is 0 Å². The number of piperidine rings is 1. The first-order chi connectivity index (χ1) is 10.6. The minimum absolute atomic E-state index is 0.00168. The van der Waals surface area contributed by atoms with Crippen LogP contribution in [0.3, 0.4) is 0 Å². The van der Waals surface area contributed by atoms with E-state index in [0.717, 1.165) is 25.9 Å². The number of rotatable bonds is 3. The molecule has 2 N–H and O–H groups in total. The number of nitrogens with one attached hydrogen (secondary N) is 2. The summed E-state index contributed by atoms with van der Waals surface area (Å²) in [5.74, 6) is -0.254. The maximum absolute atomic E-state index is 12.3. The van der Waals surface area contributed by atoms with E-state index >= 15 is 0 Å². The van der Waals surface area contributed by atoms with Crippen LogP contribution in [0.4, 0.5) is 5.69 Å². The fourth-order valence-corrected chi connectivity index (χ4v) is 2.80. The lowest BCUT2D eigenvalue weighted by Crippen LogP contribution is -2.46. The highest BCUT2D eigenvalue weighted by molar-refractivity contribution is 6.43. The number of Topliss-reactive ketones (excluding diaryl/α,β-unsaturated/α-hetero) is 1. The predicted octanol–water partition coefficient (Wildman–Crippen LogP) is 1.73. The molecule has 6 heteroatoms. The van der Waals surface area contributed by atoms with Crippen molar-refractivity contribution in [3.63, 3.8) is 0 Å². The van der Waals surface area contributed by atoms with Crippen molar-refractivity contribution in [2.75, 3.05) is 18.4 Å². The molecular weight excluding hydrogens is 282 g/mol. The molecule has 1 saturated heterocycles. The quantitative estimate of drug-likeness (QED) is 0.833. The molecule has 3 rings (SSSR count). The van der Waals surface area contributed by atoms with Gasteiger partial charge >= 0.3 is 0 Å². The van der Waals surface area contributed by atoms with Gasteiger partial charge in [0, 0.05) is 24.2 Å². The van der Waals surface area contributed by atoms with Gasteiger partial charge in [-0.2, -0.15) is 0 Å². The van der Waals surface area contributed by atoms with Crippen LogP contribution in [0.25, 0.3) is 0 Å². The lowest BCUT2D eigenvalue weighted by molar-refractivity contribution is -0.110. The maximum atomic E-state index is 12.3. The lowest BCUT2D eigenvalue weighted by atomic mass is 9.89. The molecule has 1 amide bonds. The minimum atomic E-state index is -0.358. The number of oxime groups is 1. The average Bonchev–Trinajstić information content (AvgIpc) is 2.92. The Morgan fingerprint density at radius 2 is 2.09 bits per heavy atom. The number of anilines is 1. The van der Waals surface area contributed by atoms with Crippen LogP contribution in [0.15, 0.2) is 29.4 Å². The molecule has 1 spiro atoms. The topological polar surface area (TPSA) is 79.8 Å². The number of ketones is 1. The highest BCUT2D eigenvalue weighted by Crippen LogP contribution is 2.30. The molecule has 1 aromatic rings. The van der Waals surface area contributed by atoms with Gasteiger partial charge in [-0.15, -0.1) is 0 Å². The summed E-state index contributed by atoms with van der Waals surface area (Å²) in [6.07, 6.45) is 2.46. The first-order valence-corrected chi connectivity index (χ1v) is 7.46. The number of nitrogens with zero attached hydrogens (tertiary/aromatic N) is 1. The van der Waals surface area contributed by atoms with Gasteiger partial charge in [-0.1, -0.05) is 5.16 Å². The molecule has 116 valence electrons. The van der Waals surface area contributed by atoms with Gasteiger partial charge in [0.05, 0.1) is 0 Å². The van der Waals surface area contributed by atoms with Crippen molar-refractivity contribution >= 4 is 23.1 Å². The van der Waals surface area contributed by atoms with Crippen molar-refractivity contribution in [2.45, 2.75) is 31.8 Å². The van der Waals surface area contributed by atoms with E-state index in [4.69, 9.17) is 4.84 Å². The Hall–Kier alpha value is -2.21. The minimum Gasteiger partial charge on any atom is -0.387 e. The number of carbonyl (C=O) groups is 2. The zero-order chi connectivity index (χ0) is 15.6. The van der Waals surface area contributed by atoms with Crippen molar-refractivity contribution in [3.8, 4) is 0 Å². The Labute approximate surface area is 128 Å². The Morgan fingerprint density at radius 1 is 1.32 bits per heavy atom. The van der Waals surface area contributed by atoms with E-state index in [-0.39, 0.29) is 17.3 Å². The highest BCUT2D eigenvalue weighted by atomic mass is 16.7. The highest BCUT2D eigenvalue weighted by Gasteiger charge is 2.42. The monoisotopic (exact) mass is 301 g/mol. The molecule has 22 heavy (non-hydrogen) atoms. The first-order valence-electron chi connectivity index (χ1n) is 7.46. The Kier molecular flexibility index (Phi) is 3.94. The van der Waals surface area contributed by atoms with Crippen LogP contribution in [-0.4, -0.2) is 36.1 Å². The molecule has 0 radical (unpaired) electrons. The second-order valence-electron chi connectivity index (χ2n) is 5.86. The van der Waals surface area contributed by atoms with Crippen molar-refractivity contribution < 1.29 is 14.4 Å². The summed E-state index contributed by atoms with van der Waals surface area (Å²) < 4.78 is 0. The van der Waals surface area contributed by atoms with Gasteiger partial charge in [0.2, 0.25) is 0 Å². The van der Waals surface area contributed by atoms with E-state index in [9.17, 15) is 9.59 Å². The summed E-state index contributed by atoms with van der Waals surface area (Å²) in [5.41, 5.74) is 1.31. The molecule has 6 nitrogen and oxygen atoms in total. The SMILES string of the molecule is CC(=O)c1ccc(NC(=O)C2=NOC3(CCCNC3)C2)cc1. The van der Waals surface area contributed by atoms with Crippen LogP contribution in [-0.2, 0) is 9.63 Å². The number of benzene rings is 1. The van der Waals surface area contributed by atoms with Crippen molar-refractivity contribution in [2.24, 2.45) is 5.16 Å². The van der Waals surface area contributed by atoms with Gasteiger partial charge in [-0.3, -0.25) is 9.59 Å². The van der Waals surface area contributed by atoms with E-state index < -0.39 is 0 Å². The summed E-state index contributed by atoms with van der Waals surface area (Å²) in [5, 5.41) is 10.0. The van der Waals surface area contributed by atoms with Gasteiger partial charge in [0.15, 0.2) is 11.4 Å². The number of carbonyl (C=O) groups excluding carboxylic acids is 2. The molecule has 1 atom stereocenters. The molecule has 0 aromatic heterocycles. The Bertz CT molecular complexity index is 616. The third kappa shape index (κ3) is 3.01. The van der Waals surface area contributed by atoms with Crippen molar-refractivity contribution in [1.82, 2.24) is 5.32 Å². The summed E-state index contributed by atoms with van der Waals surface area (Å²) in [6.45, 7) is 3.21. The standard InChI is InChI=1S/C16H19N3O3/c1-11(20)12-3-5-13(6-4-12)18-15(21)14-9-16(22-19-14)7-2-8-17-10-16/h3-6,17H,2,7-10H2,1H3,(H,18,21). The fourth-order valence-electron chi connectivity index (χ4n) is 2.80. The Balaban J connectivity index is 1.61. The third-order valence-corrected chi connectivity index (χ3v) is 4.08. The lowest BCUT2D eigenvalue weighted by Gasteiger charge is -2.30. The van der Waals surface area contributed by atoms with E-state index in [1.807, 2.05) is 0 Å². The molecule has 1 unspecified atom stereocenters. The zero-order valence-corrected chi connectivity index (χ0v) is 12.5. The van der Waals surface area contributed by atoms with E-state index in [1.165, 1.54) is 6.92 Å². The average molecular weight is 301 g/mol. The molecule has 2 aliphatic heterocycles. The molecule has 2 heterocycles. The smallest absolute Gasteiger partial charge is 0.273 e. The van der Waals surface area contributed by atoms with Crippen molar-refractivity contribution in [3.05, 3.63) is 29.8 Å². The summed E-state index contributed by atoms with van der Waals surface area (Å²) in [4.78, 5) is 29.0. The molecule has 0 bridgehead atoms. The van der Waals surface area contributed by atoms with Crippen molar-refractivity contribution in [1.29, 1.82) is 0 Å². The van der Waals surface area contributed by atoms with E-state index in [1.54, 1.807) is 24.3 Å². The predicted molar refractivity (Wildman–Crippen MR) is 83.0 cm³/mol. The normalized spacial score (nSPS) is 23.8. The van der Waals surface area contributed by atoms with Crippen LogP contribution >= 0.6 is 0 Å². The first kappa shape index (κ1) is 14.7. The largest absolute Gasteiger partial charge is 0.387 e. The molecular formula is C16H19N3O3. The van der Waals surface area contributed by atoms with Crippen LogP contribution in [0.2, 0.25) is 0 Å². The molecule has 0 saturated carbocycles. The molecule has 1 aromatic carbocycles. The Morgan fingerprint density at radius 3 is 2.73 bits per heavy atom. The number of hydrogen-bond acceptors (Lipinski definition) is 5. The van der Waals surface area contributed by atoms with Crippen LogP contribution in [0, 0.1) is 0 Å². The van der Waals surface area contributed by atoms with Gasteiger partial charge in [0.25, 0.3) is 5.91 Å². The van der Waals surface area contributed by atoms with E-state index in [0.29, 0.717) is 23.4 Å². The van der Waals surface area contributed by atoms with Crippen LogP contribution < -0.4 is 10.6 Å². The van der Waals surface area contributed by atoms with Gasteiger partial charge in [-0.25, -0.2) is 0 Å². The molecule has 0 aliphatic carbocycles. The summed E-state index contributed by atoms with van der Waals surface area (Å²) in [6, 6.07) is 6.81. The second kappa shape index (κ2) is 5.88. The number of amides is 1. The second-order valence-corrected chi connectivity index (χ2v) is 5.86. The van der Waals surface area contributed by atoms with Gasteiger partial charge in [-0.05, 0) is 50.6 Å².